The molecule has 2 aliphatic rings. The van der Waals surface area contributed by atoms with Gasteiger partial charge in [-0.25, -0.2) is 0 Å². The first-order chi connectivity index (χ1) is 11.1. The molecule has 1 aromatic rings. The lowest BCUT2D eigenvalue weighted by molar-refractivity contribution is 0.273. The fraction of sp³-hybridized carbons (Fsp3) is 0.524. The third-order valence-electron chi connectivity index (χ3n) is 5.40. The molecule has 0 spiro atoms. The maximum atomic E-state index is 4.12. The molecule has 1 aliphatic heterocycles. The van der Waals surface area contributed by atoms with Crippen LogP contribution in [0.3, 0.4) is 0 Å². The van der Waals surface area contributed by atoms with Crippen LogP contribution >= 0.6 is 0 Å². The fourth-order valence-corrected chi connectivity index (χ4v) is 3.69. The molecule has 0 radical (unpaired) electrons. The lowest BCUT2D eigenvalue weighted by Crippen LogP contribution is -2.47. The van der Waals surface area contributed by atoms with E-state index in [1.54, 1.807) is 5.57 Å². The second-order valence-corrected chi connectivity index (χ2v) is 7.28. The number of nitrogens with zero attached hydrogens (tertiary/aromatic N) is 2. The standard InChI is InChI=1S/C21H30N2/c1-17(2)20-8-6-19(7-9-20)16-22-12-14-23(15-13-22)21-10-4-18(3)5-11-21/h4-6,10-11,20H,1,7-9,12-16H2,2-3H3/t20-/m1/s1. The Bertz CT molecular complexity index is 562. The summed E-state index contributed by atoms with van der Waals surface area (Å²) < 4.78 is 0. The average molecular weight is 310 g/mol. The second kappa shape index (κ2) is 7.35. The Morgan fingerprint density at radius 3 is 2.39 bits per heavy atom. The van der Waals surface area contributed by atoms with Gasteiger partial charge in [-0.1, -0.05) is 41.5 Å². The van der Waals surface area contributed by atoms with E-state index in [2.05, 4.69) is 60.6 Å². The van der Waals surface area contributed by atoms with Gasteiger partial charge < -0.3 is 4.90 Å². The molecule has 1 aromatic carbocycles. The molecule has 1 heterocycles. The zero-order valence-electron chi connectivity index (χ0n) is 14.7. The molecule has 2 heteroatoms. The Labute approximate surface area is 141 Å². The lowest BCUT2D eigenvalue weighted by atomic mass is 9.85. The molecule has 0 amide bonds. The van der Waals surface area contributed by atoms with Crippen molar-refractivity contribution in [1.82, 2.24) is 4.90 Å². The number of rotatable bonds is 4. The summed E-state index contributed by atoms with van der Waals surface area (Å²) in [5.41, 5.74) is 5.71. The largest absolute Gasteiger partial charge is 0.369 e. The van der Waals surface area contributed by atoms with Crippen molar-refractivity contribution in [1.29, 1.82) is 0 Å². The molecule has 1 aliphatic carbocycles. The Morgan fingerprint density at radius 2 is 1.83 bits per heavy atom. The smallest absolute Gasteiger partial charge is 0.0367 e. The van der Waals surface area contributed by atoms with Gasteiger partial charge in [0.25, 0.3) is 0 Å². The van der Waals surface area contributed by atoms with E-state index in [4.69, 9.17) is 0 Å². The number of hydrogen-bond acceptors (Lipinski definition) is 2. The van der Waals surface area contributed by atoms with E-state index in [1.807, 2.05) is 0 Å². The summed E-state index contributed by atoms with van der Waals surface area (Å²) in [4.78, 5) is 5.14. The van der Waals surface area contributed by atoms with Crippen LogP contribution in [0.2, 0.25) is 0 Å². The fourth-order valence-electron chi connectivity index (χ4n) is 3.69. The van der Waals surface area contributed by atoms with E-state index in [9.17, 15) is 0 Å². The van der Waals surface area contributed by atoms with Gasteiger partial charge in [0.15, 0.2) is 0 Å². The Kier molecular flexibility index (Phi) is 5.22. The molecule has 1 fully saturated rings. The molecule has 124 valence electrons. The van der Waals surface area contributed by atoms with Gasteiger partial charge >= 0.3 is 0 Å². The molecule has 0 saturated carbocycles. The third kappa shape index (κ3) is 4.26. The van der Waals surface area contributed by atoms with E-state index in [-0.39, 0.29) is 0 Å². The quantitative estimate of drug-likeness (QED) is 0.760. The molecule has 0 N–H and O–H groups in total. The SMILES string of the molecule is C=C(C)[C@@H]1CC=C(CN2CCN(c3ccc(C)cc3)CC2)CC1. The minimum absolute atomic E-state index is 0.720. The molecule has 0 bridgehead atoms. The van der Waals surface area contributed by atoms with E-state index < -0.39 is 0 Å². The number of benzene rings is 1. The summed E-state index contributed by atoms with van der Waals surface area (Å²) in [6, 6.07) is 8.94. The monoisotopic (exact) mass is 310 g/mol. The van der Waals surface area contributed by atoms with Crippen LogP contribution in [0.5, 0.6) is 0 Å². The van der Waals surface area contributed by atoms with Crippen molar-refractivity contribution in [3.63, 3.8) is 0 Å². The Balaban J connectivity index is 1.48. The molecule has 0 aromatic heterocycles. The Morgan fingerprint density at radius 1 is 1.13 bits per heavy atom. The number of allylic oxidation sites excluding steroid dienone is 2. The van der Waals surface area contributed by atoms with Crippen LogP contribution in [0.25, 0.3) is 0 Å². The van der Waals surface area contributed by atoms with Crippen molar-refractivity contribution in [2.45, 2.75) is 33.1 Å². The van der Waals surface area contributed by atoms with E-state index >= 15 is 0 Å². The van der Waals surface area contributed by atoms with Crippen molar-refractivity contribution in [3.05, 3.63) is 53.6 Å². The summed E-state index contributed by atoms with van der Waals surface area (Å²) in [5, 5.41) is 0. The predicted octanol–water partition coefficient (Wildman–Crippen LogP) is 4.42. The topological polar surface area (TPSA) is 6.48 Å². The highest BCUT2D eigenvalue weighted by Crippen LogP contribution is 2.28. The molecule has 2 nitrogen and oxygen atoms in total. The van der Waals surface area contributed by atoms with Gasteiger partial charge in [0.1, 0.15) is 0 Å². The van der Waals surface area contributed by atoms with Crippen LogP contribution in [-0.4, -0.2) is 37.6 Å². The first kappa shape index (κ1) is 16.3. The van der Waals surface area contributed by atoms with Crippen LogP contribution in [0.4, 0.5) is 5.69 Å². The molecular weight excluding hydrogens is 280 g/mol. The molecule has 23 heavy (non-hydrogen) atoms. The van der Waals surface area contributed by atoms with Gasteiger partial charge in [0.2, 0.25) is 0 Å². The minimum atomic E-state index is 0.720. The zero-order valence-corrected chi connectivity index (χ0v) is 14.7. The van der Waals surface area contributed by atoms with Crippen LogP contribution in [0, 0.1) is 12.8 Å². The molecular formula is C21H30N2. The van der Waals surface area contributed by atoms with Gasteiger partial charge in [-0.15, -0.1) is 0 Å². The summed E-state index contributed by atoms with van der Waals surface area (Å²) in [6.45, 7) is 14.3. The van der Waals surface area contributed by atoms with Gasteiger partial charge in [-0.2, -0.15) is 0 Å². The van der Waals surface area contributed by atoms with Crippen molar-refractivity contribution >= 4 is 5.69 Å². The van der Waals surface area contributed by atoms with Gasteiger partial charge in [0.05, 0.1) is 0 Å². The third-order valence-corrected chi connectivity index (χ3v) is 5.40. The van der Waals surface area contributed by atoms with Crippen molar-refractivity contribution in [2.75, 3.05) is 37.6 Å². The van der Waals surface area contributed by atoms with Gasteiger partial charge in [-0.3, -0.25) is 4.90 Å². The first-order valence-electron chi connectivity index (χ1n) is 8.99. The van der Waals surface area contributed by atoms with E-state index in [0.29, 0.717) is 0 Å². The summed E-state index contributed by atoms with van der Waals surface area (Å²) >= 11 is 0. The number of hydrogen-bond donors (Lipinski definition) is 0. The van der Waals surface area contributed by atoms with Crippen molar-refractivity contribution in [3.8, 4) is 0 Å². The molecule has 1 saturated heterocycles. The van der Waals surface area contributed by atoms with Crippen molar-refractivity contribution in [2.24, 2.45) is 5.92 Å². The molecule has 1 atom stereocenters. The van der Waals surface area contributed by atoms with Crippen LogP contribution < -0.4 is 4.90 Å². The summed E-state index contributed by atoms with van der Waals surface area (Å²) in [7, 11) is 0. The maximum Gasteiger partial charge on any atom is 0.0367 e. The van der Waals surface area contributed by atoms with E-state index in [1.165, 1.54) is 55.7 Å². The average Bonchev–Trinajstić information content (AvgIpc) is 2.57. The van der Waals surface area contributed by atoms with Crippen LogP contribution in [0.15, 0.2) is 48.1 Å². The predicted molar refractivity (Wildman–Crippen MR) is 100 cm³/mol. The highest BCUT2D eigenvalue weighted by molar-refractivity contribution is 5.47. The van der Waals surface area contributed by atoms with Gasteiger partial charge in [-0.05, 0) is 51.2 Å². The number of aryl methyl sites for hydroxylation is 1. The lowest BCUT2D eigenvalue weighted by Gasteiger charge is -2.37. The first-order valence-corrected chi connectivity index (χ1v) is 8.99. The van der Waals surface area contributed by atoms with E-state index in [0.717, 1.165) is 19.0 Å². The maximum absolute atomic E-state index is 4.12. The normalized spacial score (nSPS) is 22.8. The van der Waals surface area contributed by atoms with Crippen molar-refractivity contribution < 1.29 is 0 Å². The number of anilines is 1. The highest BCUT2D eigenvalue weighted by atomic mass is 15.3. The minimum Gasteiger partial charge on any atom is -0.369 e. The Hall–Kier alpha value is -1.54. The summed E-state index contributed by atoms with van der Waals surface area (Å²) in [6.07, 6.45) is 6.24. The zero-order chi connectivity index (χ0) is 16.2. The molecule has 0 unspecified atom stereocenters. The summed E-state index contributed by atoms with van der Waals surface area (Å²) in [5.74, 6) is 0.720. The molecule has 3 rings (SSSR count). The highest BCUT2D eigenvalue weighted by Gasteiger charge is 2.20. The second-order valence-electron chi connectivity index (χ2n) is 7.28. The van der Waals surface area contributed by atoms with Crippen LogP contribution in [-0.2, 0) is 0 Å². The number of piperazine rings is 1. The van der Waals surface area contributed by atoms with Gasteiger partial charge in [0, 0.05) is 38.4 Å². The van der Waals surface area contributed by atoms with Crippen LogP contribution in [0.1, 0.15) is 31.7 Å².